The van der Waals surface area contributed by atoms with Crippen LogP contribution in [0.4, 0.5) is 0 Å². The van der Waals surface area contributed by atoms with Gasteiger partial charge in [-0.3, -0.25) is 4.99 Å². The van der Waals surface area contributed by atoms with E-state index in [1.165, 1.54) is 25.7 Å². The third kappa shape index (κ3) is 7.97. The van der Waals surface area contributed by atoms with Gasteiger partial charge in [0.15, 0.2) is 5.96 Å². The molecule has 0 heterocycles. The predicted octanol–water partition coefficient (Wildman–Crippen LogP) is 3.41. The summed E-state index contributed by atoms with van der Waals surface area (Å²) in [4.78, 5) is 4.12. The summed E-state index contributed by atoms with van der Waals surface area (Å²) in [6, 6.07) is 0. The maximum absolute atomic E-state index is 5.69. The molecule has 0 unspecified atom stereocenters. The van der Waals surface area contributed by atoms with E-state index >= 15 is 0 Å². The molecule has 3 nitrogen and oxygen atoms in total. The zero-order chi connectivity index (χ0) is 12.5. The molecule has 0 saturated heterocycles. The van der Waals surface area contributed by atoms with Gasteiger partial charge in [-0.1, -0.05) is 29.8 Å². The first-order chi connectivity index (χ1) is 8.22. The molecule has 0 aliphatic heterocycles. The van der Waals surface area contributed by atoms with E-state index in [1.54, 1.807) is 12.6 Å². The molecule has 104 valence electrons. The third-order valence-corrected chi connectivity index (χ3v) is 2.93. The molecule has 0 aromatic rings. The second-order valence-corrected chi connectivity index (χ2v) is 4.76. The average molecular weight is 384 g/mol. The molecular weight excluding hydrogens is 361 g/mol. The molecule has 0 spiro atoms. The molecule has 0 fully saturated rings. The van der Waals surface area contributed by atoms with Crippen molar-refractivity contribution in [1.29, 1.82) is 0 Å². The number of aliphatic imine (C=N–C) groups is 1. The molecule has 2 N–H and O–H groups in total. The number of hydrogen-bond donors (Lipinski definition) is 2. The van der Waals surface area contributed by atoms with Crippen LogP contribution in [0.15, 0.2) is 28.3 Å². The van der Waals surface area contributed by atoms with Crippen LogP contribution in [0.1, 0.15) is 32.1 Å². The lowest BCUT2D eigenvalue weighted by Crippen LogP contribution is -2.38. The van der Waals surface area contributed by atoms with E-state index < -0.39 is 0 Å². The van der Waals surface area contributed by atoms with Crippen molar-refractivity contribution in [2.45, 2.75) is 32.1 Å². The Kier molecular flexibility index (Phi) is 10.5. The molecular formula is C13H23ClIN3. The number of nitrogens with zero attached hydrogens (tertiary/aromatic N) is 1. The summed E-state index contributed by atoms with van der Waals surface area (Å²) in [6.45, 7) is 5.09. The van der Waals surface area contributed by atoms with E-state index in [2.05, 4.69) is 28.3 Å². The van der Waals surface area contributed by atoms with E-state index in [4.69, 9.17) is 11.6 Å². The van der Waals surface area contributed by atoms with Gasteiger partial charge in [0.25, 0.3) is 0 Å². The molecule has 1 aliphatic rings. The highest BCUT2D eigenvalue weighted by molar-refractivity contribution is 14.0. The minimum atomic E-state index is 0. The lowest BCUT2D eigenvalue weighted by Gasteiger charge is -2.15. The van der Waals surface area contributed by atoms with Gasteiger partial charge in [-0.15, -0.1) is 24.0 Å². The van der Waals surface area contributed by atoms with Gasteiger partial charge in [-0.05, 0) is 32.1 Å². The van der Waals surface area contributed by atoms with Crippen LogP contribution < -0.4 is 10.6 Å². The van der Waals surface area contributed by atoms with Crippen LogP contribution in [0.2, 0.25) is 0 Å². The normalized spacial score (nSPS) is 15.4. The number of rotatable bonds is 5. The van der Waals surface area contributed by atoms with Crippen molar-refractivity contribution in [3.63, 3.8) is 0 Å². The summed E-state index contributed by atoms with van der Waals surface area (Å²) in [5, 5.41) is 6.95. The van der Waals surface area contributed by atoms with Crippen molar-refractivity contribution < 1.29 is 0 Å². The zero-order valence-electron chi connectivity index (χ0n) is 11.0. The van der Waals surface area contributed by atoms with E-state index in [0.717, 1.165) is 18.9 Å². The second-order valence-electron chi connectivity index (χ2n) is 4.23. The van der Waals surface area contributed by atoms with Gasteiger partial charge in [0.05, 0.1) is 6.54 Å². The SMILES string of the molecule is C=C(Cl)CNC(=NC)NCCC1=CCCCC1.I. The van der Waals surface area contributed by atoms with Gasteiger partial charge in [0, 0.05) is 18.6 Å². The summed E-state index contributed by atoms with van der Waals surface area (Å²) in [5.41, 5.74) is 1.57. The summed E-state index contributed by atoms with van der Waals surface area (Å²) >= 11 is 5.69. The van der Waals surface area contributed by atoms with Crippen molar-refractivity contribution in [2.24, 2.45) is 4.99 Å². The molecule has 1 aliphatic carbocycles. The molecule has 0 bridgehead atoms. The Labute approximate surface area is 132 Å². The smallest absolute Gasteiger partial charge is 0.191 e. The predicted molar refractivity (Wildman–Crippen MR) is 90.9 cm³/mol. The Hall–Kier alpha value is -0.230. The van der Waals surface area contributed by atoms with E-state index in [-0.39, 0.29) is 24.0 Å². The second kappa shape index (κ2) is 10.7. The largest absolute Gasteiger partial charge is 0.356 e. The lowest BCUT2D eigenvalue weighted by molar-refractivity contribution is 0.666. The summed E-state index contributed by atoms with van der Waals surface area (Å²) in [5.74, 6) is 0.781. The van der Waals surface area contributed by atoms with Gasteiger partial charge < -0.3 is 10.6 Å². The molecule has 5 heteroatoms. The molecule has 0 aromatic heterocycles. The third-order valence-electron chi connectivity index (χ3n) is 2.79. The molecule has 0 saturated carbocycles. The number of allylic oxidation sites excluding steroid dienone is 1. The van der Waals surface area contributed by atoms with E-state index in [9.17, 15) is 0 Å². The summed E-state index contributed by atoms with van der Waals surface area (Å²) < 4.78 is 0. The topological polar surface area (TPSA) is 36.4 Å². The highest BCUT2D eigenvalue weighted by atomic mass is 127. The van der Waals surface area contributed by atoms with Gasteiger partial charge in [-0.25, -0.2) is 0 Å². The highest BCUT2D eigenvalue weighted by Gasteiger charge is 2.03. The molecule has 0 aromatic carbocycles. The van der Waals surface area contributed by atoms with Crippen LogP contribution in [0, 0.1) is 0 Å². The monoisotopic (exact) mass is 383 g/mol. The van der Waals surface area contributed by atoms with Crippen LogP contribution in [0.5, 0.6) is 0 Å². The number of halogens is 2. The van der Waals surface area contributed by atoms with Crippen molar-refractivity contribution in [2.75, 3.05) is 20.1 Å². The molecule has 18 heavy (non-hydrogen) atoms. The summed E-state index contributed by atoms with van der Waals surface area (Å²) in [7, 11) is 1.76. The lowest BCUT2D eigenvalue weighted by atomic mass is 9.97. The van der Waals surface area contributed by atoms with Crippen LogP contribution in [0.25, 0.3) is 0 Å². The Morgan fingerprint density at radius 1 is 1.44 bits per heavy atom. The first kappa shape index (κ1) is 17.8. The van der Waals surface area contributed by atoms with Gasteiger partial charge in [-0.2, -0.15) is 0 Å². The van der Waals surface area contributed by atoms with Crippen LogP contribution >= 0.6 is 35.6 Å². The fourth-order valence-electron chi connectivity index (χ4n) is 1.87. The molecule has 0 radical (unpaired) electrons. The number of guanidine groups is 1. The first-order valence-corrected chi connectivity index (χ1v) is 6.56. The fraction of sp³-hybridized carbons (Fsp3) is 0.615. The van der Waals surface area contributed by atoms with Crippen molar-refractivity contribution in [3.05, 3.63) is 23.3 Å². The highest BCUT2D eigenvalue weighted by Crippen LogP contribution is 2.19. The zero-order valence-corrected chi connectivity index (χ0v) is 14.1. The van der Waals surface area contributed by atoms with Gasteiger partial charge in [0.1, 0.15) is 0 Å². The molecule has 0 amide bonds. The van der Waals surface area contributed by atoms with Gasteiger partial charge in [0.2, 0.25) is 0 Å². The average Bonchev–Trinajstić information content (AvgIpc) is 2.34. The number of nitrogens with one attached hydrogen (secondary N) is 2. The van der Waals surface area contributed by atoms with Crippen LogP contribution in [0.3, 0.4) is 0 Å². The molecule has 1 rings (SSSR count). The Morgan fingerprint density at radius 3 is 2.78 bits per heavy atom. The van der Waals surface area contributed by atoms with Crippen molar-refractivity contribution in [3.8, 4) is 0 Å². The Balaban J connectivity index is 0.00000289. The van der Waals surface area contributed by atoms with E-state index in [0.29, 0.717) is 11.6 Å². The fourth-order valence-corrected chi connectivity index (χ4v) is 1.94. The van der Waals surface area contributed by atoms with Crippen LogP contribution in [-0.2, 0) is 0 Å². The van der Waals surface area contributed by atoms with E-state index in [1.807, 2.05) is 0 Å². The van der Waals surface area contributed by atoms with Gasteiger partial charge >= 0.3 is 0 Å². The minimum Gasteiger partial charge on any atom is -0.356 e. The maximum atomic E-state index is 5.69. The minimum absolute atomic E-state index is 0. The van der Waals surface area contributed by atoms with Crippen molar-refractivity contribution >= 4 is 41.5 Å². The Bertz CT molecular complexity index is 313. The van der Waals surface area contributed by atoms with Crippen LogP contribution in [-0.4, -0.2) is 26.1 Å². The Morgan fingerprint density at radius 2 is 2.22 bits per heavy atom. The summed E-state index contributed by atoms with van der Waals surface area (Å²) in [6.07, 6.45) is 8.66. The quantitative estimate of drug-likeness (QED) is 0.330. The maximum Gasteiger partial charge on any atom is 0.191 e. The molecule has 0 atom stereocenters. The first-order valence-electron chi connectivity index (χ1n) is 6.18. The van der Waals surface area contributed by atoms with Crippen molar-refractivity contribution in [1.82, 2.24) is 10.6 Å². The number of hydrogen-bond acceptors (Lipinski definition) is 1. The standard InChI is InChI=1S/C13H22ClN3.HI/c1-11(14)10-17-13(15-2)16-9-8-12-6-4-3-5-7-12;/h6H,1,3-5,7-10H2,2H3,(H2,15,16,17);1H.